The van der Waals surface area contributed by atoms with Crippen LogP contribution >= 0.6 is 0 Å². The van der Waals surface area contributed by atoms with E-state index in [1.165, 1.54) is 0 Å². The van der Waals surface area contributed by atoms with Gasteiger partial charge in [0.15, 0.2) is 0 Å². The summed E-state index contributed by atoms with van der Waals surface area (Å²) in [5.41, 5.74) is 18.5. The number of benzene rings is 1. The Morgan fingerprint density at radius 3 is 1.80 bits per heavy atom. The van der Waals surface area contributed by atoms with Crippen molar-refractivity contribution in [2.45, 2.75) is 86.9 Å². The zero-order chi connectivity index (χ0) is 35.9. The van der Waals surface area contributed by atoms with Crippen LogP contribution in [0.3, 0.4) is 0 Å². The minimum absolute atomic E-state index is 0.0889. The summed E-state index contributed by atoms with van der Waals surface area (Å²) >= 11 is 0. The Hall–Kier alpha value is -4.61. The maximum absolute atomic E-state index is 13.0. The van der Waals surface area contributed by atoms with Crippen LogP contribution in [0.4, 0.5) is 5.69 Å². The highest BCUT2D eigenvalue weighted by Gasteiger charge is 2.52. The molecule has 16 nitrogen and oxygen atoms in total. The molecular formula is C34H45N11O5. The smallest absolute Gasteiger partial charge is 0.250 e. The van der Waals surface area contributed by atoms with Crippen LogP contribution in [0.25, 0.3) is 0 Å². The molecule has 50 heavy (non-hydrogen) atoms. The van der Waals surface area contributed by atoms with E-state index in [-0.39, 0.29) is 60.4 Å². The highest BCUT2D eigenvalue weighted by molar-refractivity contribution is 6.07. The van der Waals surface area contributed by atoms with Crippen LogP contribution in [0.15, 0.2) is 24.3 Å². The van der Waals surface area contributed by atoms with Gasteiger partial charge in [0.05, 0.1) is 53.6 Å². The minimum atomic E-state index is -0.776. The molecule has 2 unspecified atom stereocenters. The first-order valence-electron chi connectivity index (χ1n) is 17.3. The lowest BCUT2D eigenvalue weighted by Crippen LogP contribution is -2.56. The Labute approximate surface area is 291 Å². The highest BCUT2D eigenvalue weighted by Crippen LogP contribution is 2.37. The van der Waals surface area contributed by atoms with Crippen molar-refractivity contribution in [1.82, 2.24) is 24.5 Å². The first-order chi connectivity index (χ1) is 23.9. The van der Waals surface area contributed by atoms with E-state index in [9.17, 15) is 29.2 Å². The molecule has 6 N–H and O–H groups in total. The van der Waals surface area contributed by atoms with E-state index in [0.29, 0.717) is 50.3 Å². The van der Waals surface area contributed by atoms with Crippen LogP contribution in [-0.4, -0.2) is 149 Å². The van der Waals surface area contributed by atoms with Gasteiger partial charge in [0.2, 0.25) is 23.6 Å². The predicted octanol–water partition coefficient (Wildman–Crippen LogP) is -1.84. The molecule has 266 valence electrons. The summed E-state index contributed by atoms with van der Waals surface area (Å²) < 4.78 is 0. The Balaban J connectivity index is 0.000000182. The summed E-state index contributed by atoms with van der Waals surface area (Å²) in [6.07, 6.45) is 4.52. The summed E-state index contributed by atoms with van der Waals surface area (Å²) in [5.74, 6) is -0.950. The van der Waals surface area contributed by atoms with Crippen molar-refractivity contribution < 1.29 is 24.0 Å². The molecule has 4 bridgehead atoms. The van der Waals surface area contributed by atoms with Crippen LogP contribution in [0.1, 0.15) is 48.9 Å². The SMILES string of the molecule is CN1C(=O)[C@@H]2CC1CN2C[C@H](N)C(=O)N1CCC[C@H]1C#N.N#C[C@@H]1CCCN1C(=O)[C@@H](N)CN1CC2C[C@H]1C(=O)N2c1ccccc1C(N)=O. The normalized spacial score (nSPS) is 29.9. The first-order valence-corrected chi connectivity index (χ1v) is 17.3. The third-order valence-electron chi connectivity index (χ3n) is 11.1. The number of carbonyl (C=O) groups is 5. The molecule has 6 heterocycles. The fourth-order valence-corrected chi connectivity index (χ4v) is 8.52. The Kier molecular flexibility index (Phi) is 10.1. The van der Waals surface area contributed by atoms with Gasteiger partial charge in [0, 0.05) is 52.4 Å². The van der Waals surface area contributed by atoms with Gasteiger partial charge in [-0.1, -0.05) is 12.1 Å². The fraction of sp³-hybridized carbons (Fsp3) is 0.618. The molecule has 1 aromatic rings. The molecule has 0 aliphatic carbocycles. The quantitative estimate of drug-likeness (QED) is 0.275. The molecule has 6 aliphatic heterocycles. The predicted molar refractivity (Wildman–Crippen MR) is 179 cm³/mol. The molecule has 0 spiro atoms. The topological polar surface area (TPSA) is 230 Å². The van der Waals surface area contributed by atoms with E-state index in [1.807, 2.05) is 16.8 Å². The van der Waals surface area contributed by atoms with Gasteiger partial charge in [0.1, 0.15) is 12.1 Å². The number of carbonyl (C=O) groups excluding carboxylic acids is 5. The van der Waals surface area contributed by atoms with Crippen LogP contribution in [0, 0.1) is 22.7 Å². The van der Waals surface area contributed by atoms with E-state index in [4.69, 9.17) is 22.5 Å². The van der Waals surface area contributed by atoms with E-state index in [0.717, 1.165) is 32.2 Å². The first kappa shape index (κ1) is 35.2. The molecule has 16 heteroatoms. The highest BCUT2D eigenvalue weighted by atomic mass is 16.2. The number of hydrogen-bond donors (Lipinski definition) is 3. The molecule has 6 saturated heterocycles. The summed E-state index contributed by atoms with van der Waals surface area (Å²) in [6, 6.07) is 8.63. The van der Waals surface area contributed by atoms with Crippen LogP contribution in [0.2, 0.25) is 0 Å². The summed E-state index contributed by atoms with van der Waals surface area (Å²) in [5, 5.41) is 18.2. The van der Waals surface area contributed by atoms with Gasteiger partial charge >= 0.3 is 0 Å². The Morgan fingerprint density at radius 2 is 1.32 bits per heavy atom. The number of likely N-dealkylation sites (tertiary alicyclic amines) is 5. The van der Waals surface area contributed by atoms with Gasteiger partial charge in [-0.2, -0.15) is 10.5 Å². The largest absolute Gasteiger partial charge is 0.366 e. The lowest BCUT2D eigenvalue weighted by Gasteiger charge is -2.36. The van der Waals surface area contributed by atoms with Crippen molar-refractivity contribution in [3.63, 3.8) is 0 Å². The van der Waals surface area contributed by atoms with Crippen molar-refractivity contribution in [3.8, 4) is 12.1 Å². The standard InChI is InChI=1S/C20H24N6O3.C14H21N5O2/c21-9-12-4-3-7-25(12)19(28)15(22)11-24-10-13-8-17(24)20(29)26(13)16-6-2-1-5-14(16)18(23)27;1-17-10-5-12(14(17)21)18(7-10)8-11(16)13(20)19-4-2-3-9(19)6-15/h1-2,5-6,12-13,15,17H,3-4,7-8,10-11,22H2,(H2,23,27);9-12H,2-5,7-8,16H2,1H3/t12-,13?,15-,17-;9-,10?,11-,12-/m00/s1. The number of likely N-dealkylation sites (N-methyl/N-ethyl adjacent to an activating group) is 1. The van der Waals surface area contributed by atoms with Gasteiger partial charge in [0.25, 0.3) is 5.91 Å². The van der Waals surface area contributed by atoms with Crippen molar-refractivity contribution >= 4 is 35.2 Å². The second kappa shape index (κ2) is 14.3. The molecule has 1 aromatic carbocycles. The number of amides is 5. The molecule has 8 atom stereocenters. The van der Waals surface area contributed by atoms with Gasteiger partial charge < -0.3 is 36.8 Å². The third kappa shape index (κ3) is 6.40. The number of rotatable bonds is 8. The zero-order valence-electron chi connectivity index (χ0n) is 28.3. The molecular weight excluding hydrogens is 642 g/mol. The molecule has 6 fully saturated rings. The van der Waals surface area contributed by atoms with Crippen molar-refractivity contribution in [3.05, 3.63) is 29.8 Å². The number of hydrogen-bond acceptors (Lipinski definition) is 11. The van der Waals surface area contributed by atoms with Crippen LogP contribution in [-0.2, 0) is 19.2 Å². The lowest BCUT2D eigenvalue weighted by molar-refractivity contribution is -0.138. The Morgan fingerprint density at radius 1 is 0.820 bits per heavy atom. The van der Waals surface area contributed by atoms with Gasteiger partial charge in [-0.25, -0.2) is 0 Å². The molecule has 0 radical (unpaired) electrons. The number of nitrogens with zero attached hydrogens (tertiary/aromatic N) is 8. The van der Waals surface area contributed by atoms with E-state index >= 15 is 0 Å². The van der Waals surface area contributed by atoms with Crippen molar-refractivity contribution in [2.75, 3.05) is 51.2 Å². The lowest BCUT2D eigenvalue weighted by atomic mass is 10.1. The van der Waals surface area contributed by atoms with Crippen LogP contribution in [0.5, 0.6) is 0 Å². The summed E-state index contributed by atoms with van der Waals surface area (Å²) in [4.78, 5) is 72.3. The van der Waals surface area contributed by atoms with E-state index in [2.05, 4.69) is 12.1 Å². The second-order valence-electron chi connectivity index (χ2n) is 14.1. The molecule has 0 saturated carbocycles. The van der Waals surface area contributed by atoms with Gasteiger partial charge in [-0.3, -0.25) is 33.8 Å². The van der Waals surface area contributed by atoms with Gasteiger partial charge in [-0.05, 0) is 50.7 Å². The van der Waals surface area contributed by atoms with E-state index in [1.54, 1.807) is 43.9 Å². The monoisotopic (exact) mass is 687 g/mol. The third-order valence-corrected chi connectivity index (χ3v) is 11.1. The second-order valence-corrected chi connectivity index (χ2v) is 14.1. The number of nitriles is 2. The number of piperazine rings is 2. The fourth-order valence-electron chi connectivity index (χ4n) is 8.52. The number of nitrogens with two attached hydrogens (primary N) is 3. The molecule has 5 amide bonds. The Bertz CT molecular complexity index is 1620. The summed E-state index contributed by atoms with van der Waals surface area (Å²) in [7, 11) is 1.83. The molecule has 7 rings (SSSR count). The van der Waals surface area contributed by atoms with Crippen LogP contribution < -0.4 is 22.1 Å². The maximum Gasteiger partial charge on any atom is 0.250 e. The number of anilines is 1. The van der Waals surface area contributed by atoms with Crippen molar-refractivity contribution in [1.29, 1.82) is 10.5 Å². The average molecular weight is 688 g/mol. The van der Waals surface area contributed by atoms with Gasteiger partial charge in [-0.15, -0.1) is 0 Å². The summed E-state index contributed by atoms with van der Waals surface area (Å²) in [6.45, 7) is 3.19. The zero-order valence-corrected chi connectivity index (χ0v) is 28.3. The number of para-hydroxylation sites is 1. The number of fused-ring (bicyclic) bond motifs is 4. The molecule has 0 aromatic heterocycles. The number of primary amides is 1. The maximum atomic E-state index is 13.0. The van der Waals surface area contributed by atoms with E-state index < -0.39 is 24.0 Å². The minimum Gasteiger partial charge on any atom is -0.366 e. The van der Waals surface area contributed by atoms with Crippen molar-refractivity contribution in [2.24, 2.45) is 17.2 Å². The molecule has 6 aliphatic rings. The average Bonchev–Trinajstić information content (AvgIpc) is 3.96.